The fourth-order valence-corrected chi connectivity index (χ4v) is 3.48. The Morgan fingerprint density at radius 1 is 1.17 bits per heavy atom. The summed E-state index contributed by atoms with van der Waals surface area (Å²) >= 11 is 1.58. The first-order valence-electron chi connectivity index (χ1n) is 9.68. The molecule has 1 aromatic carbocycles. The summed E-state index contributed by atoms with van der Waals surface area (Å²) in [4.78, 5) is 8.91. The monoisotopic (exact) mass is 418 g/mol. The minimum Gasteiger partial charge on any atom is -0.476 e. The van der Waals surface area contributed by atoms with E-state index in [1.165, 1.54) is 0 Å². The van der Waals surface area contributed by atoms with Crippen molar-refractivity contribution in [2.45, 2.75) is 13.8 Å². The highest BCUT2D eigenvalue weighted by Crippen LogP contribution is 2.29. The van der Waals surface area contributed by atoms with Crippen molar-refractivity contribution in [2.24, 2.45) is 5.73 Å². The van der Waals surface area contributed by atoms with Crippen LogP contribution in [-0.4, -0.2) is 23.1 Å². The molecule has 0 fully saturated rings. The molecular weight excluding hydrogens is 392 g/mol. The van der Waals surface area contributed by atoms with E-state index in [2.05, 4.69) is 46.5 Å². The maximum atomic E-state index is 5.52. The van der Waals surface area contributed by atoms with E-state index in [1.54, 1.807) is 17.5 Å². The van der Waals surface area contributed by atoms with Crippen molar-refractivity contribution in [3.05, 3.63) is 84.1 Å². The van der Waals surface area contributed by atoms with E-state index in [9.17, 15) is 0 Å². The number of hydrogen-bond donors (Lipinski definition) is 2. The molecule has 2 aromatic heterocycles. The van der Waals surface area contributed by atoms with Crippen LogP contribution in [0.25, 0.3) is 22.4 Å². The molecule has 30 heavy (non-hydrogen) atoms. The lowest BCUT2D eigenvalue weighted by molar-refractivity contribution is 0.316. The van der Waals surface area contributed by atoms with Crippen LogP contribution in [0.1, 0.15) is 13.8 Å². The maximum absolute atomic E-state index is 5.52. The van der Waals surface area contributed by atoms with E-state index in [4.69, 9.17) is 15.5 Å². The molecule has 2 heterocycles. The van der Waals surface area contributed by atoms with Gasteiger partial charge in [0.15, 0.2) is 5.13 Å². The molecule has 0 radical (unpaired) electrons. The van der Waals surface area contributed by atoms with E-state index in [0.717, 1.165) is 38.8 Å². The van der Waals surface area contributed by atoms with E-state index >= 15 is 0 Å². The maximum Gasteiger partial charge on any atom is 0.213 e. The lowest BCUT2D eigenvalue weighted by atomic mass is 10.0. The molecule has 3 rings (SSSR count). The van der Waals surface area contributed by atoms with Crippen molar-refractivity contribution in [3.8, 4) is 28.3 Å². The highest BCUT2D eigenvalue weighted by atomic mass is 32.1. The standard InChI is InChI=1S/C24H26N4OS/c1-17(2)5-4-6-18(3)27-24-28-22(16-30-24)20-9-7-19(8-10-20)21-11-13-26-23(15-21)29-14-12-25/h4-11,13,15-16H,1,12,14,25H2,2-3H3,(H,27,28)/b5-4-,18-6+. The van der Waals surface area contributed by atoms with Crippen LogP contribution in [-0.2, 0) is 0 Å². The van der Waals surface area contributed by atoms with Crippen LogP contribution >= 0.6 is 11.3 Å². The Labute approximate surface area is 181 Å². The number of benzene rings is 1. The summed E-state index contributed by atoms with van der Waals surface area (Å²) in [6.45, 7) is 8.75. The Balaban J connectivity index is 1.69. The largest absolute Gasteiger partial charge is 0.476 e. The molecule has 6 heteroatoms. The molecule has 0 unspecified atom stereocenters. The zero-order valence-corrected chi connectivity index (χ0v) is 18.1. The predicted octanol–water partition coefficient (Wildman–Crippen LogP) is 5.66. The van der Waals surface area contributed by atoms with Gasteiger partial charge in [0, 0.05) is 35.4 Å². The van der Waals surface area contributed by atoms with E-state index in [0.29, 0.717) is 19.0 Å². The van der Waals surface area contributed by atoms with Crippen molar-refractivity contribution in [3.63, 3.8) is 0 Å². The van der Waals surface area contributed by atoms with Gasteiger partial charge in [-0.15, -0.1) is 11.3 Å². The van der Waals surface area contributed by atoms with Gasteiger partial charge >= 0.3 is 0 Å². The minimum absolute atomic E-state index is 0.453. The SMILES string of the molecule is C=C(C)/C=C\C=C(/C)Nc1nc(-c2ccc(-c3ccnc(OCCN)c3)cc2)cs1. The second-order valence-electron chi connectivity index (χ2n) is 6.82. The first kappa shape index (κ1) is 21.5. The number of nitrogens with one attached hydrogen (secondary N) is 1. The number of ether oxygens (including phenoxy) is 1. The number of pyridine rings is 1. The van der Waals surface area contributed by atoms with Crippen molar-refractivity contribution < 1.29 is 4.74 Å². The number of aromatic nitrogens is 2. The molecule has 0 saturated carbocycles. The second-order valence-corrected chi connectivity index (χ2v) is 7.67. The van der Waals surface area contributed by atoms with Gasteiger partial charge in [-0.05, 0) is 37.1 Å². The zero-order valence-electron chi connectivity index (χ0n) is 17.3. The summed E-state index contributed by atoms with van der Waals surface area (Å²) in [6, 6.07) is 12.2. The predicted molar refractivity (Wildman–Crippen MR) is 127 cm³/mol. The Morgan fingerprint density at radius 3 is 2.67 bits per heavy atom. The third kappa shape index (κ3) is 6.14. The average Bonchev–Trinajstić information content (AvgIpc) is 3.20. The summed E-state index contributed by atoms with van der Waals surface area (Å²) in [7, 11) is 0. The molecule has 5 nitrogen and oxygen atoms in total. The summed E-state index contributed by atoms with van der Waals surface area (Å²) < 4.78 is 5.52. The zero-order chi connectivity index (χ0) is 21.3. The van der Waals surface area contributed by atoms with Crippen LogP contribution < -0.4 is 15.8 Å². The highest BCUT2D eigenvalue weighted by molar-refractivity contribution is 7.14. The molecule has 0 spiro atoms. The van der Waals surface area contributed by atoms with Gasteiger partial charge in [-0.2, -0.15) is 0 Å². The van der Waals surface area contributed by atoms with E-state index in [-0.39, 0.29) is 0 Å². The van der Waals surface area contributed by atoms with Crippen LogP contribution in [0, 0.1) is 0 Å². The van der Waals surface area contributed by atoms with Gasteiger partial charge < -0.3 is 15.8 Å². The van der Waals surface area contributed by atoms with E-state index < -0.39 is 0 Å². The molecule has 0 aliphatic heterocycles. The van der Waals surface area contributed by atoms with Crippen LogP contribution in [0.4, 0.5) is 5.13 Å². The van der Waals surface area contributed by atoms with Crippen molar-refractivity contribution in [2.75, 3.05) is 18.5 Å². The number of thiazole rings is 1. The van der Waals surface area contributed by atoms with Gasteiger partial charge in [0.2, 0.25) is 5.88 Å². The number of allylic oxidation sites excluding steroid dienone is 5. The number of nitrogens with zero attached hydrogens (tertiary/aromatic N) is 2. The number of hydrogen-bond acceptors (Lipinski definition) is 6. The molecule has 154 valence electrons. The Morgan fingerprint density at radius 2 is 1.93 bits per heavy atom. The van der Waals surface area contributed by atoms with Crippen LogP contribution in [0.3, 0.4) is 0 Å². The summed E-state index contributed by atoms with van der Waals surface area (Å²) in [6.07, 6.45) is 7.69. The number of rotatable bonds is 9. The molecular formula is C24H26N4OS. The van der Waals surface area contributed by atoms with Gasteiger partial charge in [0.05, 0.1) is 5.69 Å². The molecule has 3 aromatic rings. The van der Waals surface area contributed by atoms with Gasteiger partial charge in [-0.1, -0.05) is 48.6 Å². The third-order valence-electron chi connectivity index (χ3n) is 4.15. The lowest BCUT2D eigenvalue weighted by Gasteiger charge is -2.07. The molecule has 0 atom stereocenters. The topological polar surface area (TPSA) is 73.1 Å². The summed E-state index contributed by atoms with van der Waals surface area (Å²) in [5.74, 6) is 0.582. The van der Waals surface area contributed by atoms with Gasteiger partial charge in [0.25, 0.3) is 0 Å². The fourth-order valence-electron chi connectivity index (χ4n) is 2.70. The fraction of sp³-hybridized carbons (Fsp3) is 0.167. The Hall–Kier alpha value is -3.22. The molecule has 0 aliphatic rings. The molecule has 0 saturated heterocycles. The highest BCUT2D eigenvalue weighted by Gasteiger charge is 2.06. The quantitative estimate of drug-likeness (QED) is 0.439. The summed E-state index contributed by atoms with van der Waals surface area (Å²) in [5, 5.41) is 6.24. The van der Waals surface area contributed by atoms with Crippen molar-refractivity contribution in [1.82, 2.24) is 9.97 Å². The average molecular weight is 419 g/mol. The van der Waals surface area contributed by atoms with Gasteiger partial charge in [0.1, 0.15) is 6.61 Å². The first-order chi connectivity index (χ1) is 14.5. The van der Waals surface area contributed by atoms with Crippen molar-refractivity contribution >= 4 is 16.5 Å². The Bertz CT molecular complexity index is 1050. The molecule has 0 amide bonds. The number of nitrogens with two attached hydrogens (primary N) is 1. The Kier molecular flexibility index (Phi) is 7.54. The van der Waals surface area contributed by atoms with Gasteiger partial charge in [-0.3, -0.25) is 0 Å². The summed E-state index contributed by atoms with van der Waals surface area (Å²) in [5.41, 5.74) is 11.7. The lowest BCUT2D eigenvalue weighted by Crippen LogP contribution is -2.11. The smallest absolute Gasteiger partial charge is 0.213 e. The minimum atomic E-state index is 0.453. The van der Waals surface area contributed by atoms with Crippen LogP contribution in [0.15, 0.2) is 84.1 Å². The molecule has 0 bridgehead atoms. The normalized spacial score (nSPS) is 11.6. The molecule has 0 aliphatic carbocycles. The molecule has 3 N–H and O–H groups in total. The third-order valence-corrected chi connectivity index (χ3v) is 4.91. The first-order valence-corrected chi connectivity index (χ1v) is 10.6. The van der Waals surface area contributed by atoms with Crippen LogP contribution in [0.5, 0.6) is 5.88 Å². The van der Waals surface area contributed by atoms with Gasteiger partial charge in [-0.25, -0.2) is 9.97 Å². The van der Waals surface area contributed by atoms with Crippen LogP contribution in [0.2, 0.25) is 0 Å². The van der Waals surface area contributed by atoms with Crippen molar-refractivity contribution in [1.29, 1.82) is 0 Å². The second kappa shape index (κ2) is 10.5. The number of anilines is 1. The van der Waals surface area contributed by atoms with E-state index in [1.807, 2.05) is 44.2 Å².